The summed E-state index contributed by atoms with van der Waals surface area (Å²) in [5.41, 5.74) is 2.03. The van der Waals surface area contributed by atoms with Gasteiger partial charge in [-0.1, -0.05) is 91.0 Å². The van der Waals surface area contributed by atoms with E-state index in [1.807, 2.05) is 84.9 Å². The van der Waals surface area contributed by atoms with Gasteiger partial charge in [0.25, 0.3) is 0 Å². The van der Waals surface area contributed by atoms with E-state index in [0.717, 1.165) is 21.9 Å². The molecule has 2 nitrogen and oxygen atoms in total. The van der Waals surface area contributed by atoms with Crippen LogP contribution >= 0.6 is 0 Å². The van der Waals surface area contributed by atoms with Gasteiger partial charge in [-0.15, -0.1) is 0 Å². The first-order valence-electron chi connectivity index (χ1n) is 10.2. The first-order valence-corrected chi connectivity index (χ1v) is 10.2. The maximum absolute atomic E-state index is 11.1. The Bertz CT molecular complexity index is 1240. The van der Waals surface area contributed by atoms with E-state index in [0.29, 0.717) is 5.75 Å². The Hall–Kier alpha value is -3.62. The van der Waals surface area contributed by atoms with E-state index < -0.39 is 6.29 Å². The van der Waals surface area contributed by atoms with E-state index >= 15 is 0 Å². The third-order valence-corrected chi connectivity index (χ3v) is 5.54. The molecule has 1 unspecified atom stereocenters. The Balaban J connectivity index is 1.49. The van der Waals surface area contributed by atoms with Crippen LogP contribution in [0.3, 0.4) is 0 Å². The van der Waals surface area contributed by atoms with Crippen LogP contribution in [0.5, 0.6) is 5.75 Å². The molecule has 0 radical (unpaired) electrons. The summed E-state index contributed by atoms with van der Waals surface area (Å²) in [6.07, 6.45) is -1.01. The highest BCUT2D eigenvalue weighted by atomic mass is 16.6. The summed E-state index contributed by atoms with van der Waals surface area (Å²) in [6, 6.07) is 38.6. The number of hydrogen-bond donors (Lipinski definition) is 1. The van der Waals surface area contributed by atoms with E-state index in [2.05, 4.69) is 30.3 Å². The largest absolute Gasteiger partial charge is 0.464 e. The van der Waals surface area contributed by atoms with Crippen LogP contribution in [0, 0.1) is 0 Å². The molecule has 5 rings (SSSR count). The lowest BCUT2D eigenvalue weighted by molar-refractivity contribution is -0.0290. The highest BCUT2D eigenvalue weighted by molar-refractivity contribution is 5.98. The first-order chi connectivity index (χ1) is 14.8. The molecule has 0 aliphatic rings. The van der Waals surface area contributed by atoms with Crippen LogP contribution in [0.15, 0.2) is 115 Å². The average Bonchev–Trinajstić information content (AvgIpc) is 2.79. The van der Waals surface area contributed by atoms with Crippen molar-refractivity contribution in [3.63, 3.8) is 0 Å². The van der Waals surface area contributed by atoms with Gasteiger partial charge < -0.3 is 9.84 Å². The third-order valence-electron chi connectivity index (χ3n) is 5.54. The summed E-state index contributed by atoms with van der Waals surface area (Å²) >= 11 is 0. The van der Waals surface area contributed by atoms with Gasteiger partial charge >= 0.3 is 0 Å². The molecule has 0 spiro atoms. The SMILES string of the molecule is OC(Oc1ccc2cc3ccccc3cc2c1)C(c1ccccc1)c1ccccc1. The Morgan fingerprint density at radius 1 is 0.500 bits per heavy atom. The predicted octanol–water partition coefficient (Wildman–Crippen LogP) is 6.52. The Labute approximate surface area is 176 Å². The van der Waals surface area contributed by atoms with Gasteiger partial charge in [0.1, 0.15) is 5.75 Å². The zero-order chi connectivity index (χ0) is 20.3. The number of fused-ring (bicyclic) bond motifs is 2. The number of benzene rings is 5. The summed E-state index contributed by atoms with van der Waals surface area (Å²) in [5, 5.41) is 15.7. The molecular formula is C28H22O2. The summed E-state index contributed by atoms with van der Waals surface area (Å²) in [4.78, 5) is 0. The Kier molecular flexibility index (Phi) is 4.92. The number of aliphatic hydroxyl groups excluding tert-OH is 1. The summed E-state index contributed by atoms with van der Waals surface area (Å²) in [5.74, 6) is 0.377. The zero-order valence-electron chi connectivity index (χ0n) is 16.5. The lowest BCUT2D eigenvalue weighted by atomic mass is 9.91. The number of hydrogen-bond acceptors (Lipinski definition) is 2. The second-order valence-electron chi connectivity index (χ2n) is 7.52. The lowest BCUT2D eigenvalue weighted by Crippen LogP contribution is -2.26. The minimum absolute atomic E-state index is 0.278. The van der Waals surface area contributed by atoms with E-state index in [1.54, 1.807) is 0 Å². The van der Waals surface area contributed by atoms with Crippen molar-refractivity contribution in [2.75, 3.05) is 0 Å². The van der Waals surface area contributed by atoms with Gasteiger partial charge in [-0.2, -0.15) is 0 Å². The first kappa shape index (κ1) is 18.4. The van der Waals surface area contributed by atoms with Crippen LogP contribution in [0.4, 0.5) is 0 Å². The fourth-order valence-electron chi connectivity index (χ4n) is 4.04. The fourth-order valence-corrected chi connectivity index (χ4v) is 4.04. The van der Waals surface area contributed by atoms with E-state index in [1.165, 1.54) is 10.8 Å². The molecule has 0 aliphatic carbocycles. The molecule has 0 saturated heterocycles. The van der Waals surface area contributed by atoms with Gasteiger partial charge in [0.05, 0.1) is 5.92 Å². The molecule has 0 fully saturated rings. The van der Waals surface area contributed by atoms with Crippen LogP contribution in [0.1, 0.15) is 17.0 Å². The quantitative estimate of drug-likeness (QED) is 0.273. The van der Waals surface area contributed by atoms with Crippen molar-refractivity contribution in [3.05, 3.63) is 126 Å². The van der Waals surface area contributed by atoms with E-state index in [4.69, 9.17) is 4.74 Å². The molecule has 1 N–H and O–H groups in total. The molecule has 146 valence electrons. The summed E-state index contributed by atoms with van der Waals surface area (Å²) < 4.78 is 6.06. The molecule has 5 aromatic carbocycles. The molecule has 2 heteroatoms. The van der Waals surface area contributed by atoms with Gasteiger partial charge in [-0.05, 0) is 56.9 Å². The van der Waals surface area contributed by atoms with Crippen LogP contribution in [0.2, 0.25) is 0 Å². The van der Waals surface area contributed by atoms with Crippen molar-refractivity contribution in [2.24, 2.45) is 0 Å². The molecule has 5 aromatic rings. The van der Waals surface area contributed by atoms with Crippen molar-refractivity contribution in [1.82, 2.24) is 0 Å². The van der Waals surface area contributed by atoms with Crippen molar-refractivity contribution in [1.29, 1.82) is 0 Å². The molecule has 1 atom stereocenters. The standard InChI is InChI=1S/C28H22O2/c29-28(27(20-9-3-1-4-10-20)21-11-5-2-6-12-21)30-26-16-15-24-17-22-13-7-8-14-23(22)18-25(24)19-26/h1-19,27-29H. The minimum atomic E-state index is -1.01. The van der Waals surface area contributed by atoms with Crippen LogP contribution < -0.4 is 4.74 Å². The molecule has 0 aromatic heterocycles. The maximum Gasteiger partial charge on any atom is 0.208 e. The van der Waals surface area contributed by atoms with Gasteiger partial charge in [0.15, 0.2) is 0 Å². The van der Waals surface area contributed by atoms with Gasteiger partial charge in [-0.25, -0.2) is 0 Å². The van der Waals surface area contributed by atoms with E-state index in [-0.39, 0.29) is 5.92 Å². The summed E-state index contributed by atoms with van der Waals surface area (Å²) in [6.45, 7) is 0. The number of ether oxygens (including phenoxy) is 1. The lowest BCUT2D eigenvalue weighted by Gasteiger charge is -2.25. The molecule has 30 heavy (non-hydrogen) atoms. The van der Waals surface area contributed by atoms with Crippen molar-refractivity contribution in [3.8, 4) is 5.75 Å². The Morgan fingerprint density at radius 3 is 1.60 bits per heavy atom. The molecule has 0 amide bonds. The molecular weight excluding hydrogens is 368 g/mol. The third kappa shape index (κ3) is 3.66. The highest BCUT2D eigenvalue weighted by Crippen LogP contribution is 2.31. The molecule has 0 heterocycles. The van der Waals surface area contributed by atoms with Crippen LogP contribution in [-0.4, -0.2) is 11.4 Å². The molecule has 0 saturated carbocycles. The van der Waals surface area contributed by atoms with Crippen LogP contribution in [-0.2, 0) is 0 Å². The van der Waals surface area contributed by atoms with Crippen molar-refractivity contribution < 1.29 is 9.84 Å². The predicted molar refractivity (Wildman–Crippen MR) is 123 cm³/mol. The fraction of sp³-hybridized carbons (Fsp3) is 0.0714. The number of aliphatic hydroxyl groups is 1. The smallest absolute Gasteiger partial charge is 0.208 e. The van der Waals surface area contributed by atoms with Crippen molar-refractivity contribution in [2.45, 2.75) is 12.2 Å². The normalized spacial score (nSPS) is 12.3. The van der Waals surface area contributed by atoms with Crippen LogP contribution in [0.25, 0.3) is 21.5 Å². The second kappa shape index (κ2) is 8.02. The zero-order valence-corrected chi connectivity index (χ0v) is 16.5. The van der Waals surface area contributed by atoms with Gasteiger partial charge in [0, 0.05) is 0 Å². The van der Waals surface area contributed by atoms with Gasteiger partial charge in [0.2, 0.25) is 6.29 Å². The molecule has 0 aliphatic heterocycles. The topological polar surface area (TPSA) is 29.5 Å². The monoisotopic (exact) mass is 390 g/mol. The highest BCUT2D eigenvalue weighted by Gasteiger charge is 2.24. The Morgan fingerprint density at radius 2 is 1.00 bits per heavy atom. The van der Waals surface area contributed by atoms with Crippen molar-refractivity contribution >= 4 is 21.5 Å². The minimum Gasteiger partial charge on any atom is -0.464 e. The summed E-state index contributed by atoms with van der Waals surface area (Å²) in [7, 11) is 0. The van der Waals surface area contributed by atoms with E-state index in [9.17, 15) is 5.11 Å². The van der Waals surface area contributed by atoms with Gasteiger partial charge in [-0.3, -0.25) is 0 Å². The molecule has 0 bridgehead atoms. The maximum atomic E-state index is 11.1. The second-order valence-corrected chi connectivity index (χ2v) is 7.52. The average molecular weight is 390 g/mol. The number of rotatable bonds is 5.